The highest BCUT2D eigenvalue weighted by Gasteiger charge is 2.92. The smallest absolute Gasteiger partial charge is 0.175 e. The maximum atomic E-state index is 10.3. The topological polar surface area (TPSA) is 95.2 Å². The van der Waals surface area contributed by atoms with Crippen molar-refractivity contribution in [2.45, 2.75) is 24.0 Å². The Morgan fingerprint density at radius 2 is 1.84 bits per heavy atom. The first kappa shape index (κ1) is 18.0. The van der Waals surface area contributed by atoms with Gasteiger partial charge in [0.15, 0.2) is 4.20 Å². The Labute approximate surface area is 156 Å². The molecule has 2 N–H and O–H groups in total. The summed E-state index contributed by atoms with van der Waals surface area (Å²) in [6, 6.07) is 12.4. The van der Waals surface area contributed by atoms with Crippen molar-refractivity contribution in [1.29, 1.82) is 10.5 Å². The van der Waals surface area contributed by atoms with E-state index in [1.54, 1.807) is 30.6 Å². The number of nitrogens with two attached hydrogens (primary N) is 1. The molecule has 1 aromatic carbocycles. The number of benzene rings is 1. The number of rotatable bonds is 6. The average Bonchev–Trinajstić information content (AvgIpc) is 3.20. The average molecular weight is 373 g/mol. The minimum Gasteiger partial charge on any atom is -0.496 e. The van der Waals surface area contributed by atoms with Crippen molar-refractivity contribution in [1.82, 2.24) is 0 Å². The molecule has 5 nitrogen and oxygen atoms in total. The number of fused-ring (bicyclic) bond motifs is 1. The zero-order valence-electron chi connectivity index (χ0n) is 14.4. The van der Waals surface area contributed by atoms with Crippen LogP contribution in [0.3, 0.4) is 0 Å². The molecule has 1 aliphatic carbocycles. The summed E-state index contributed by atoms with van der Waals surface area (Å²) in [4.78, 5) is 4.68. The fourth-order valence-electron chi connectivity index (χ4n) is 4.12. The van der Waals surface area contributed by atoms with E-state index >= 15 is 0 Å². The SMILES string of the molecule is CCSC1(SCC)N=C(N)C2(C#N)C(c3ccccc3OC)C12C#N. The molecule has 3 rings (SSSR count). The predicted octanol–water partition coefficient (Wildman–Crippen LogP) is 3.34. The summed E-state index contributed by atoms with van der Waals surface area (Å²) < 4.78 is 4.73. The maximum Gasteiger partial charge on any atom is 0.175 e. The summed E-state index contributed by atoms with van der Waals surface area (Å²) in [6.45, 7) is 4.07. The molecule has 0 aromatic heterocycles. The molecular weight excluding hydrogens is 352 g/mol. The number of methoxy groups -OCH3 is 1. The van der Waals surface area contributed by atoms with Gasteiger partial charge in [0.1, 0.15) is 22.4 Å². The van der Waals surface area contributed by atoms with Crippen molar-refractivity contribution in [2.75, 3.05) is 18.6 Å². The first-order valence-electron chi connectivity index (χ1n) is 8.14. The molecule has 0 saturated heterocycles. The Hall–Kier alpha value is -1.83. The zero-order chi connectivity index (χ0) is 18.3. The lowest BCUT2D eigenvalue weighted by Gasteiger charge is -2.31. The van der Waals surface area contributed by atoms with E-state index in [-0.39, 0.29) is 11.8 Å². The summed E-state index contributed by atoms with van der Waals surface area (Å²) in [5.41, 5.74) is 5.05. The van der Waals surface area contributed by atoms with E-state index in [4.69, 9.17) is 10.5 Å². The second-order valence-electron chi connectivity index (χ2n) is 5.96. The number of nitrogens with zero attached hydrogens (tertiary/aromatic N) is 3. The van der Waals surface area contributed by atoms with Gasteiger partial charge in [-0.25, -0.2) is 4.99 Å². The second kappa shape index (κ2) is 6.16. The van der Waals surface area contributed by atoms with Gasteiger partial charge in [-0.2, -0.15) is 10.5 Å². The monoisotopic (exact) mass is 372 g/mol. The van der Waals surface area contributed by atoms with Crippen LogP contribution in [0.4, 0.5) is 0 Å². The van der Waals surface area contributed by atoms with Gasteiger partial charge in [0.2, 0.25) is 0 Å². The summed E-state index contributed by atoms with van der Waals surface area (Å²) in [5, 5.41) is 20.3. The van der Waals surface area contributed by atoms with Gasteiger partial charge in [-0.3, -0.25) is 0 Å². The van der Waals surface area contributed by atoms with Gasteiger partial charge in [0.05, 0.1) is 19.2 Å². The molecule has 0 spiro atoms. The van der Waals surface area contributed by atoms with E-state index in [1.165, 1.54) is 0 Å². The number of aliphatic imine (C=N–C) groups is 1. The molecule has 0 radical (unpaired) electrons. The molecule has 1 saturated carbocycles. The van der Waals surface area contributed by atoms with Crippen molar-refractivity contribution < 1.29 is 4.74 Å². The molecule has 2 aliphatic rings. The molecule has 130 valence electrons. The van der Waals surface area contributed by atoms with Crippen LogP contribution < -0.4 is 10.5 Å². The third kappa shape index (κ3) is 1.94. The first-order valence-corrected chi connectivity index (χ1v) is 10.1. The molecule has 1 fully saturated rings. The highest BCUT2D eigenvalue weighted by atomic mass is 32.2. The van der Waals surface area contributed by atoms with Gasteiger partial charge >= 0.3 is 0 Å². The minimum absolute atomic E-state index is 0.273. The van der Waals surface area contributed by atoms with Crippen LogP contribution in [0.5, 0.6) is 5.75 Å². The van der Waals surface area contributed by atoms with Crippen LogP contribution in [0.1, 0.15) is 25.3 Å². The van der Waals surface area contributed by atoms with Crippen LogP contribution >= 0.6 is 23.5 Å². The standard InChI is InChI=1S/C18H20N4OS2/c1-4-24-18(25-5-2)17(11-20)14(16(17,10-19)15(21)22-18)12-8-6-7-9-13(12)23-3/h6-9,14H,4-5H2,1-3H3,(H2,21,22). The van der Waals surface area contributed by atoms with Crippen molar-refractivity contribution in [3.63, 3.8) is 0 Å². The van der Waals surface area contributed by atoms with Crippen LogP contribution in [0.2, 0.25) is 0 Å². The third-order valence-electron chi connectivity index (χ3n) is 5.06. The molecule has 0 amide bonds. The van der Waals surface area contributed by atoms with Crippen molar-refractivity contribution in [3.05, 3.63) is 29.8 Å². The summed E-state index contributed by atoms with van der Waals surface area (Å²) in [6.07, 6.45) is 0. The third-order valence-corrected chi connectivity index (χ3v) is 7.95. The molecule has 3 atom stereocenters. The Bertz CT molecular complexity index is 806. The fraction of sp³-hybridized carbons (Fsp3) is 0.500. The Kier molecular flexibility index (Phi) is 4.43. The number of nitriles is 2. The number of hydrogen-bond acceptors (Lipinski definition) is 7. The van der Waals surface area contributed by atoms with Gasteiger partial charge in [-0.15, -0.1) is 23.5 Å². The number of hydrogen-bond donors (Lipinski definition) is 1. The molecule has 1 aromatic rings. The number of ether oxygens (including phenoxy) is 1. The first-order chi connectivity index (χ1) is 12.0. The zero-order valence-corrected chi connectivity index (χ0v) is 16.1. The molecule has 1 aliphatic heterocycles. The molecule has 7 heteroatoms. The number of amidine groups is 1. The Balaban J connectivity index is 2.25. The lowest BCUT2D eigenvalue weighted by atomic mass is 9.97. The second-order valence-corrected chi connectivity index (χ2v) is 9.13. The quantitative estimate of drug-likeness (QED) is 0.770. The van der Waals surface area contributed by atoms with Crippen LogP contribution in [0, 0.1) is 33.5 Å². The lowest BCUT2D eigenvalue weighted by molar-refractivity contribution is 0.407. The van der Waals surface area contributed by atoms with Crippen LogP contribution in [0.25, 0.3) is 0 Å². The van der Waals surface area contributed by atoms with Crippen LogP contribution in [0.15, 0.2) is 29.3 Å². The van der Waals surface area contributed by atoms with Gasteiger partial charge in [-0.1, -0.05) is 32.0 Å². The summed E-state index contributed by atoms with van der Waals surface area (Å²) in [7, 11) is 1.60. The van der Waals surface area contributed by atoms with E-state index in [1.807, 2.05) is 38.1 Å². The molecule has 25 heavy (non-hydrogen) atoms. The molecule has 1 heterocycles. The molecule has 0 bridgehead atoms. The predicted molar refractivity (Wildman–Crippen MR) is 102 cm³/mol. The minimum atomic E-state index is -1.10. The van der Waals surface area contributed by atoms with E-state index in [2.05, 4.69) is 17.1 Å². The van der Waals surface area contributed by atoms with E-state index in [0.29, 0.717) is 5.75 Å². The van der Waals surface area contributed by atoms with E-state index < -0.39 is 15.0 Å². The summed E-state index contributed by atoms with van der Waals surface area (Å²) >= 11 is 3.19. The van der Waals surface area contributed by atoms with Crippen molar-refractivity contribution in [3.8, 4) is 17.9 Å². The lowest BCUT2D eigenvalue weighted by Crippen LogP contribution is -2.31. The van der Waals surface area contributed by atoms with E-state index in [9.17, 15) is 10.5 Å². The van der Waals surface area contributed by atoms with E-state index in [0.717, 1.165) is 17.1 Å². The highest BCUT2D eigenvalue weighted by Crippen LogP contribution is 2.85. The number of thioether (sulfide) groups is 2. The van der Waals surface area contributed by atoms with Crippen molar-refractivity contribution in [2.24, 2.45) is 21.6 Å². The molecule has 3 unspecified atom stereocenters. The number of para-hydroxylation sites is 1. The maximum absolute atomic E-state index is 10.3. The van der Waals surface area contributed by atoms with Gasteiger partial charge in [0, 0.05) is 11.5 Å². The Morgan fingerprint density at radius 1 is 1.20 bits per heavy atom. The van der Waals surface area contributed by atoms with Gasteiger partial charge in [0.25, 0.3) is 0 Å². The highest BCUT2D eigenvalue weighted by molar-refractivity contribution is 8.18. The molecular formula is C18H20N4OS2. The Morgan fingerprint density at radius 3 is 2.36 bits per heavy atom. The van der Waals surface area contributed by atoms with Crippen LogP contribution in [-0.2, 0) is 0 Å². The fourth-order valence-corrected chi connectivity index (χ4v) is 7.37. The largest absolute Gasteiger partial charge is 0.496 e. The van der Waals surface area contributed by atoms with Gasteiger partial charge in [-0.05, 0) is 17.6 Å². The van der Waals surface area contributed by atoms with Crippen LogP contribution in [-0.4, -0.2) is 28.7 Å². The summed E-state index contributed by atoms with van der Waals surface area (Å²) in [5.74, 6) is 2.17. The normalized spacial score (nSPS) is 31.4. The van der Waals surface area contributed by atoms with Crippen molar-refractivity contribution >= 4 is 29.4 Å². The van der Waals surface area contributed by atoms with Gasteiger partial charge < -0.3 is 10.5 Å².